The van der Waals surface area contributed by atoms with E-state index in [4.69, 9.17) is 4.74 Å². The number of hydrogen-bond donors (Lipinski definition) is 1. The molecule has 2 amide bonds. The molecule has 1 aliphatic heterocycles. The van der Waals surface area contributed by atoms with Gasteiger partial charge in [0.05, 0.1) is 7.11 Å². The zero-order chi connectivity index (χ0) is 13.8. The molecular formula is C13H16N2O3S. The second kappa shape index (κ2) is 5.97. The number of methoxy groups -OCH3 is 1. The van der Waals surface area contributed by atoms with E-state index in [0.717, 1.165) is 17.2 Å². The van der Waals surface area contributed by atoms with Gasteiger partial charge >= 0.3 is 0 Å². The maximum atomic E-state index is 12.3. The van der Waals surface area contributed by atoms with Gasteiger partial charge in [0, 0.05) is 25.0 Å². The Balaban J connectivity index is 2.11. The first kappa shape index (κ1) is 13.7. The number of benzene rings is 1. The fraction of sp³-hybridized carbons (Fsp3) is 0.385. The van der Waals surface area contributed by atoms with Gasteiger partial charge in [-0.05, 0) is 24.3 Å². The van der Waals surface area contributed by atoms with Gasteiger partial charge in [0.2, 0.25) is 11.8 Å². The highest BCUT2D eigenvalue weighted by atomic mass is 32.2. The molecule has 0 aliphatic carbocycles. The van der Waals surface area contributed by atoms with E-state index in [1.807, 2.05) is 0 Å². The SMILES string of the molecule is COc1ccc(N(C)C(=O)C2SCCNC2=O)cc1. The van der Waals surface area contributed by atoms with E-state index in [9.17, 15) is 9.59 Å². The minimum Gasteiger partial charge on any atom is -0.497 e. The predicted octanol–water partition coefficient (Wildman–Crippen LogP) is 0.890. The molecule has 2 rings (SSSR count). The third-order valence-electron chi connectivity index (χ3n) is 2.94. The molecule has 1 aromatic rings. The van der Waals surface area contributed by atoms with Gasteiger partial charge in [-0.3, -0.25) is 9.59 Å². The van der Waals surface area contributed by atoms with Crippen LogP contribution in [0.1, 0.15) is 0 Å². The Bertz CT molecular complexity index is 475. The normalized spacial score (nSPS) is 18.6. The highest BCUT2D eigenvalue weighted by Crippen LogP contribution is 2.22. The van der Waals surface area contributed by atoms with Crippen molar-refractivity contribution >= 4 is 29.3 Å². The average Bonchev–Trinajstić information content (AvgIpc) is 2.46. The lowest BCUT2D eigenvalue weighted by Gasteiger charge is -2.25. The van der Waals surface area contributed by atoms with Crippen LogP contribution in [0.5, 0.6) is 5.75 Å². The molecule has 1 N–H and O–H groups in total. The molecule has 6 heteroatoms. The van der Waals surface area contributed by atoms with Gasteiger partial charge in [-0.2, -0.15) is 0 Å². The summed E-state index contributed by atoms with van der Waals surface area (Å²) in [5.41, 5.74) is 0.741. The van der Waals surface area contributed by atoms with E-state index in [0.29, 0.717) is 6.54 Å². The fourth-order valence-electron chi connectivity index (χ4n) is 1.81. The number of rotatable bonds is 3. The molecule has 1 unspecified atom stereocenters. The lowest BCUT2D eigenvalue weighted by atomic mass is 10.2. The van der Waals surface area contributed by atoms with Crippen LogP contribution in [-0.2, 0) is 9.59 Å². The van der Waals surface area contributed by atoms with Gasteiger partial charge < -0.3 is 15.0 Å². The number of anilines is 1. The van der Waals surface area contributed by atoms with Crippen LogP contribution in [-0.4, -0.2) is 43.5 Å². The maximum absolute atomic E-state index is 12.3. The smallest absolute Gasteiger partial charge is 0.249 e. The fourth-order valence-corrected chi connectivity index (χ4v) is 2.80. The van der Waals surface area contributed by atoms with Crippen molar-refractivity contribution in [2.24, 2.45) is 0 Å². The van der Waals surface area contributed by atoms with Crippen LogP contribution in [0.4, 0.5) is 5.69 Å². The minimum atomic E-state index is -0.652. The summed E-state index contributed by atoms with van der Waals surface area (Å²) in [4.78, 5) is 25.5. The van der Waals surface area contributed by atoms with Crippen molar-refractivity contribution in [1.82, 2.24) is 5.32 Å². The summed E-state index contributed by atoms with van der Waals surface area (Å²) in [5.74, 6) is 1.09. The first-order valence-electron chi connectivity index (χ1n) is 5.94. The molecule has 0 aromatic heterocycles. The first-order chi connectivity index (χ1) is 9.13. The number of carbonyl (C=O) groups excluding carboxylic acids is 2. The molecule has 1 aliphatic rings. The number of hydrogen-bond acceptors (Lipinski definition) is 4. The molecule has 19 heavy (non-hydrogen) atoms. The molecule has 0 radical (unpaired) electrons. The van der Waals surface area contributed by atoms with Crippen LogP contribution in [0, 0.1) is 0 Å². The Labute approximate surface area is 116 Å². The Morgan fingerprint density at radius 2 is 2.11 bits per heavy atom. The van der Waals surface area contributed by atoms with Crippen molar-refractivity contribution < 1.29 is 14.3 Å². The van der Waals surface area contributed by atoms with Gasteiger partial charge in [-0.1, -0.05) is 0 Å². The molecule has 1 saturated heterocycles. The maximum Gasteiger partial charge on any atom is 0.249 e. The molecule has 1 aromatic carbocycles. The van der Waals surface area contributed by atoms with Crippen molar-refractivity contribution in [2.75, 3.05) is 31.4 Å². The van der Waals surface area contributed by atoms with Crippen molar-refractivity contribution in [1.29, 1.82) is 0 Å². The lowest BCUT2D eigenvalue weighted by Crippen LogP contribution is -2.48. The van der Waals surface area contributed by atoms with Gasteiger partial charge in [-0.25, -0.2) is 0 Å². The molecule has 1 fully saturated rings. The Morgan fingerprint density at radius 3 is 2.68 bits per heavy atom. The van der Waals surface area contributed by atoms with E-state index in [-0.39, 0.29) is 11.8 Å². The van der Waals surface area contributed by atoms with E-state index in [1.54, 1.807) is 38.4 Å². The van der Waals surface area contributed by atoms with Gasteiger partial charge in [-0.15, -0.1) is 11.8 Å². The highest BCUT2D eigenvalue weighted by Gasteiger charge is 2.32. The summed E-state index contributed by atoms with van der Waals surface area (Å²) in [6.07, 6.45) is 0. The van der Waals surface area contributed by atoms with E-state index >= 15 is 0 Å². The van der Waals surface area contributed by atoms with Crippen LogP contribution < -0.4 is 15.0 Å². The second-order valence-electron chi connectivity index (χ2n) is 4.14. The number of nitrogens with one attached hydrogen (secondary N) is 1. The molecule has 0 saturated carbocycles. The quantitative estimate of drug-likeness (QED) is 0.835. The third kappa shape index (κ3) is 3.01. The van der Waals surface area contributed by atoms with E-state index < -0.39 is 5.25 Å². The molecule has 0 spiro atoms. The zero-order valence-electron chi connectivity index (χ0n) is 10.9. The van der Waals surface area contributed by atoms with Gasteiger partial charge in [0.1, 0.15) is 5.75 Å². The number of thioether (sulfide) groups is 1. The summed E-state index contributed by atoms with van der Waals surface area (Å²) in [6, 6.07) is 7.16. The van der Waals surface area contributed by atoms with Crippen LogP contribution in [0.3, 0.4) is 0 Å². The number of carbonyl (C=O) groups is 2. The molecule has 1 heterocycles. The number of amides is 2. The highest BCUT2D eigenvalue weighted by molar-refractivity contribution is 8.01. The summed E-state index contributed by atoms with van der Waals surface area (Å²) < 4.78 is 5.07. The van der Waals surface area contributed by atoms with Crippen molar-refractivity contribution in [3.8, 4) is 5.75 Å². The summed E-state index contributed by atoms with van der Waals surface area (Å²) in [7, 11) is 3.26. The Kier molecular flexibility index (Phi) is 4.31. The van der Waals surface area contributed by atoms with E-state index in [1.165, 1.54) is 16.7 Å². The van der Waals surface area contributed by atoms with Crippen LogP contribution >= 0.6 is 11.8 Å². The third-order valence-corrected chi connectivity index (χ3v) is 4.13. The van der Waals surface area contributed by atoms with Gasteiger partial charge in [0.25, 0.3) is 0 Å². The standard InChI is InChI=1S/C13H16N2O3S/c1-15(9-3-5-10(18-2)6-4-9)13(17)11-12(16)14-7-8-19-11/h3-6,11H,7-8H2,1-2H3,(H,14,16). The van der Waals surface area contributed by atoms with Crippen molar-refractivity contribution in [2.45, 2.75) is 5.25 Å². The average molecular weight is 280 g/mol. The van der Waals surface area contributed by atoms with Gasteiger partial charge in [0.15, 0.2) is 5.25 Å². The largest absolute Gasteiger partial charge is 0.497 e. The molecule has 102 valence electrons. The van der Waals surface area contributed by atoms with Crippen LogP contribution in [0.25, 0.3) is 0 Å². The Hall–Kier alpha value is -1.69. The second-order valence-corrected chi connectivity index (χ2v) is 5.35. The monoisotopic (exact) mass is 280 g/mol. The minimum absolute atomic E-state index is 0.202. The topological polar surface area (TPSA) is 58.6 Å². The van der Waals surface area contributed by atoms with E-state index in [2.05, 4.69) is 5.32 Å². The zero-order valence-corrected chi connectivity index (χ0v) is 11.7. The summed E-state index contributed by atoms with van der Waals surface area (Å²) in [5, 5.41) is 2.06. The summed E-state index contributed by atoms with van der Waals surface area (Å²) in [6.45, 7) is 0.625. The van der Waals surface area contributed by atoms with Crippen molar-refractivity contribution in [3.63, 3.8) is 0 Å². The Morgan fingerprint density at radius 1 is 1.42 bits per heavy atom. The molecule has 0 bridgehead atoms. The predicted molar refractivity (Wildman–Crippen MR) is 75.7 cm³/mol. The number of nitrogens with zero attached hydrogens (tertiary/aromatic N) is 1. The molecule has 5 nitrogen and oxygen atoms in total. The van der Waals surface area contributed by atoms with Crippen LogP contribution in [0.15, 0.2) is 24.3 Å². The summed E-state index contributed by atoms with van der Waals surface area (Å²) >= 11 is 1.38. The molecular weight excluding hydrogens is 264 g/mol. The number of ether oxygens (including phenoxy) is 1. The molecule has 1 atom stereocenters. The van der Waals surface area contributed by atoms with Crippen LogP contribution in [0.2, 0.25) is 0 Å². The first-order valence-corrected chi connectivity index (χ1v) is 6.99. The van der Waals surface area contributed by atoms with Crippen molar-refractivity contribution in [3.05, 3.63) is 24.3 Å². The lowest BCUT2D eigenvalue weighted by molar-refractivity contribution is -0.127.